The maximum Gasteiger partial charge on any atom is 0.122 e. The van der Waals surface area contributed by atoms with E-state index in [0.717, 1.165) is 24.5 Å². The highest BCUT2D eigenvalue weighted by atomic mass is 16.5. The Bertz CT molecular complexity index is 417. The molecule has 0 spiro atoms. The lowest BCUT2D eigenvalue weighted by molar-refractivity contribution is 0.199. The van der Waals surface area contributed by atoms with Crippen molar-refractivity contribution in [3.8, 4) is 5.75 Å². The number of ether oxygens (including phenoxy) is 1. The molecule has 106 valence electrons. The fourth-order valence-electron chi connectivity index (χ4n) is 3.10. The molecule has 1 heterocycles. The molecule has 1 aromatic carbocycles. The highest BCUT2D eigenvalue weighted by Gasteiger charge is 2.31. The zero-order chi connectivity index (χ0) is 13.9. The molecular weight excluding hydrogens is 236 g/mol. The van der Waals surface area contributed by atoms with Crippen molar-refractivity contribution in [1.82, 2.24) is 0 Å². The molecule has 0 amide bonds. The first-order chi connectivity index (χ1) is 9.12. The van der Waals surface area contributed by atoms with E-state index in [0.29, 0.717) is 5.41 Å². The lowest BCUT2D eigenvalue weighted by Gasteiger charge is -2.42. The highest BCUT2D eigenvalue weighted by Crippen LogP contribution is 2.39. The first kappa shape index (κ1) is 14.0. The fourth-order valence-corrected chi connectivity index (χ4v) is 3.10. The number of nitrogens with two attached hydrogens (primary N) is 1. The molecule has 1 aliphatic heterocycles. The van der Waals surface area contributed by atoms with Gasteiger partial charge in [0.2, 0.25) is 0 Å². The Kier molecular flexibility index (Phi) is 4.23. The molecule has 1 aliphatic rings. The van der Waals surface area contributed by atoms with Gasteiger partial charge in [0, 0.05) is 36.6 Å². The Labute approximate surface area is 116 Å². The first-order valence-electron chi connectivity index (χ1n) is 7.32. The molecule has 2 rings (SSSR count). The van der Waals surface area contributed by atoms with Crippen LogP contribution in [0.2, 0.25) is 0 Å². The smallest absolute Gasteiger partial charge is 0.122 e. The van der Waals surface area contributed by atoms with Crippen molar-refractivity contribution in [2.24, 2.45) is 5.41 Å². The minimum absolute atomic E-state index is 0.556. The predicted octanol–water partition coefficient (Wildman–Crippen LogP) is 3.68. The average molecular weight is 262 g/mol. The third kappa shape index (κ3) is 2.96. The number of hydrogen-bond donors (Lipinski definition) is 1. The molecule has 0 aromatic heterocycles. The summed E-state index contributed by atoms with van der Waals surface area (Å²) in [4.78, 5) is 2.43. The first-order valence-corrected chi connectivity index (χ1v) is 7.32. The molecular formula is C16H26N2O. The third-order valence-corrected chi connectivity index (χ3v) is 4.84. The topological polar surface area (TPSA) is 38.5 Å². The van der Waals surface area contributed by atoms with E-state index in [4.69, 9.17) is 10.5 Å². The largest absolute Gasteiger partial charge is 0.497 e. The minimum atomic E-state index is 0.556. The molecule has 0 unspecified atom stereocenters. The zero-order valence-corrected chi connectivity index (χ0v) is 12.4. The van der Waals surface area contributed by atoms with Crippen LogP contribution in [-0.4, -0.2) is 20.2 Å². The number of methoxy groups -OCH3 is 1. The van der Waals surface area contributed by atoms with Crippen molar-refractivity contribution in [2.45, 2.75) is 39.5 Å². The third-order valence-electron chi connectivity index (χ3n) is 4.84. The van der Waals surface area contributed by atoms with Crippen molar-refractivity contribution < 1.29 is 4.74 Å². The second kappa shape index (κ2) is 5.72. The second-order valence-electron chi connectivity index (χ2n) is 5.66. The van der Waals surface area contributed by atoms with Crippen molar-refractivity contribution in [3.63, 3.8) is 0 Å². The summed E-state index contributed by atoms with van der Waals surface area (Å²) in [7, 11) is 1.69. The fraction of sp³-hybridized carbons (Fsp3) is 0.625. The van der Waals surface area contributed by atoms with E-state index in [9.17, 15) is 0 Å². The molecule has 19 heavy (non-hydrogen) atoms. The predicted molar refractivity (Wildman–Crippen MR) is 81.9 cm³/mol. The van der Waals surface area contributed by atoms with E-state index >= 15 is 0 Å². The van der Waals surface area contributed by atoms with Gasteiger partial charge in [0.1, 0.15) is 5.75 Å². The van der Waals surface area contributed by atoms with Gasteiger partial charge >= 0.3 is 0 Å². The van der Waals surface area contributed by atoms with Crippen LogP contribution in [0.4, 0.5) is 11.4 Å². The number of hydrogen-bond acceptors (Lipinski definition) is 3. The number of nitrogen functional groups attached to an aromatic ring is 1. The molecule has 0 bridgehead atoms. The summed E-state index contributed by atoms with van der Waals surface area (Å²) in [5.41, 5.74) is 8.46. The Morgan fingerprint density at radius 3 is 2.32 bits per heavy atom. The standard InChI is InChI=1S/C16H26N2O/c1-4-16(5-2)6-8-18(9-7-16)14-10-13(17)11-15(12-14)19-3/h10-12H,4-9,17H2,1-3H3. The molecule has 1 saturated heterocycles. The number of benzene rings is 1. The second-order valence-corrected chi connectivity index (χ2v) is 5.66. The van der Waals surface area contributed by atoms with Crippen LogP contribution in [0.3, 0.4) is 0 Å². The SMILES string of the molecule is CCC1(CC)CCN(c2cc(N)cc(OC)c2)CC1. The maximum atomic E-state index is 5.94. The highest BCUT2D eigenvalue weighted by molar-refractivity contribution is 5.60. The quantitative estimate of drug-likeness (QED) is 0.841. The van der Waals surface area contributed by atoms with Gasteiger partial charge in [-0.05, 0) is 24.3 Å². The van der Waals surface area contributed by atoms with Crippen LogP contribution in [0.1, 0.15) is 39.5 Å². The molecule has 3 nitrogen and oxygen atoms in total. The van der Waals surface area contributed by atoms with Crippen LogP contribution >= 0.6 is 0 Å². The molecule has 0 aliphatic carbocycles. The van der Waals surface area contributed by atoms with Gasteiger partial charge in [-0.25, -0.2) is 0 Å². The number of anilines is 2. The number of nitrogens with zero attached hydrogens (tertiary/aromatic N) is 1. The normalized spacial score (nSPS) is 18.4. The van der Waals surface area contributed by atoms with Crippen molar-refractivity contribution >= 4 is 11.4 Å². The lowest BCUT2D eigenvalue weighted by Crippen LogP contribution is -2.39. The summed E-state index contributed by atoms with van der Waals surface area (Å²) in [5.74, 6) is 0.845. The number of rotatable bonds is 4. The molecule has 0 atom stereocenters. The Morgan fingerprint density at radius 1 is 1.16 bits per heavy atom. The molecule has 0 radical (unpaired) electrons. The van der Waals surface area contributed by atoms with Crippen molar-refractivity contribution in [3.05, 3.63) is 18.2 Å². The van der Waals surface area contributed by atoms with Crippen LogP contribution in [-0.2, 0) is 0 Å². The lowest BCUT2D eigenvalue weighted by atomic mass is 9.74. The summed E-state index contributed by atoms with van der Waals surface area (Å²) < 4.78 is 5.30. The van der Waals surface area contributed by atoms with Gasteiger partial charge in [-0.3, -0.25) is 0 Å². The molecule has 1 fully saturated rings. The summed E-state index contributed by atoms with van der Waals surface area (Å²) >= 11 is 0. The van der Waals surface area contributed by atoms with E-state index in [1.165, 1.54) is 31.4 Å². The van der Waals surface area contributed by atoms with Gasteiger partial charge in [0.15, 0.2) is 0 Å². The maximum absolute atomic E-state index is 5.94. The van der Waals surface area contributed by atoms with E-state index < -0.39 is 0 Å². The average Bonchev–Trinajstić information content (AvgIpc) is 2.46. The summed E-state index contributed by atoms with van der Waals surface area (Å²) in [6.07, 6.45) is 5.13. The molecule has 3 heteroatoms. The van der Waals surface area contributed by atoms with Gasteiger partial charge < -0.3 is 15.4 Å². The molecule has 1 aromatic rings. The van der Waals surface area contributed by atoms with Crippen molar-refractivity contribution in [2.75, 3.05) is 30.8 Å². The summed E-state index contributed by atoms with van der Waals surface area (Å²) in [5, 5.41) is 0. The van der Waals surface area contributed by atoms with Gasteiger partial charge in [-0.2, -0.15) is 0 Å². The Morgan fingerprint density at radius 2 is 1.79 bits per heavy atom. The molecule has 0 saturated carbocycles. The Balaban J connectivity index is 2.11. The monoisotopic (exact) mass is 262 g/mol. The van der Waals surface area contributed by atoms with Crippen LogP contribution in [0.25, 0.3) is 0 Å². The Hall–Kier alpha value is -1.38. The minimum Gasteiger partial charge on any atom is -0.497 e. The number of piperidine rings is 1. The van der Waals surface area contributed by atoms with Gasteiger partial charge in [0.05, 0.1) is 7.11 Å². The summed E-state index contributed by atoms with van der Waals surface area (Å²) in [6, 6.07) is 6.00. The van der Waals surface area contributed by atoms with Crippen LogP contribution < -0.4 is 15.4 Å². The van der Waals surface area contributed by atoms with E-state index in [-0.39, 0.29) is 0 Å². The van der Waals surface area contributed by atoms with E-state index in [1.807, 2.05) is 12.1 Å². The van der Waals surface area contributed by atoms with Crippen molar-refractivity contribution in [1.29, 1.82) is 0 Å². The van der Waals surface area contributed by atoms with E-state index in [2.05, 4.69) is 24.8 Å². The van der Waals surface area contributed by atoms with E-state index in [1.54, 1.807) is 7.11 Å². The van der Waals surface area contributed by atoms with Gasteiger partial charge in [-0.15, -0.1) is 0 Å². The molecule has 2 N–H and O–H groups in total. The summed E-state index contributed by atoms with van der Waals surface area (Å²) in [6.45, 7) is 6.88. The van der Waals surface area contributed by atoms with Crippen LogP contribution in [0.5, 0.6) is 5.75 Å². The van der Waals surface area contributed by atoms with Crippen LogP contribution in [0, 0.1) is 5.41 Å². The van der Waals surface area contributed by atoms with Gasteiger partial charge in [0.25, 0.3) is 0 Å². The van der Waals surface area contributed by atoms with Crippen LogP contribution in [0.15, 0.2) is 18.2 Å². The van der Waals surface area contributed by atoms with Gasteiger partial charge in [-0.1, -0.05) is 26.7 Å². The zero-order valence-electron chi connectivity index (χ0n) is 12.4.